The molecule has 4 aliphatic rings. The SMILES string of the molecule is CNC[C@@H](CC1CCOCC1)NC(=O)N1CCC[C@@H]([C@@](O)(CCCCOC)c2cccc(Cl)c2F)C1.CNC[C@H](CC1CCOCC1)NC(=O)N1CCCCC1. The molecule has 4 heterocycles. The third kappa shape index (κ3) is 14.8. The number of rotatable bonds is 17. The molecule has 56 heavy (non-hydrogen) atoms. The Labute approximate surface area is 340 Å². The van der Waals surface area contributed by atoms with E-state index in [1.165, 1.54) is 12.5 Å². The van der Waals surface area contributed by atoms with Gasteiger partial charge in [0.05, 0.1) is 10.6 Å². The largest absolute Gasteiger partial charge is 0.385 e. The molecule has 4 saturated heterocycles. The van der Waals surface area contributed by atoms with Gasteiger partial charge in [-0.1, -0.05) is 23.7 Å². The third-order valence-corrected chi connectivity index (χ3v) is 12.4. The monoisotopic (exact) mass is 811 g/mol. The van der Waals surface area contributed by atoms with Gasteiger partial charge in [0.1, 0.15) is 5.82 Å². The summed E-state index contributed by atoms with van der Waals surface area (Å²) < 4.78 is 31.2. The highest BCUT2D eigenvalue weighted by molar-refractivity contribution is 6.30. The molecule has 0 saturated carbocycles. The maximum atomic E-state index is 15.1. The fourth-order valence-electron chi connectivity index (χ4n) is 8.87. The van der Waals surface area contributed by atoms with Crippen molar-refractivity contribution in [1.29, 1.82) is 0 Å². The van der Waals surface area contributed by atoms with Crippen molar-refractivity contribution >= 4 is 23.7 Å². The second kappa shape index (κ2) is 25.3. The second-order valence-corrected chi connectivity index (χ2v) is 16.7. The molecule has 4 fully saturated rings. The smallest absolute Gasteiger partial charge is 0.317 e. The van der Waals surface area contributed by atoms with Gasteiger partial charge >= 0.3 is 12.1 Å². The van der Waals surface area contributed by atoms with Crippen LogP contribution in [0.15, 0.2) is 18.2 Å². The van der Waals surface area contributed by atoms with E-state index in [0.717, 1.165) is 110 Å². The van der Waals surface area contributed by atoms with Crippen molar-refractivity contribution < 1.29 is 33.3 Å². The Morgan fingerprint density at radius 2 is 1.41 bits per heavy atom. The Hall–Kier alpha value is -2.26. The molecule has 0 aliphatic carbocycles. The number of benzene rings is 1. The lowest BCUT2D eigenvalue weighted by Gasteiger charge is -2.43. The van der Waals surface area contributed by atoms with Crippen LogP contribution in [0.1, 0.15) is 95.5 Å². The molecule has 4 atom stereocenters. The second-order valence-electron chi connectivity index (χ2n) is 16.3. The number of likely N-dealkylation sites (N-methyl/N-ethyl adjacent to an activating group) is 2. The van der Waals surface area contributed by atoms with E-state index in [0.29, 0.717) is 57.3 Å². The van der Waals surface area contributed by atoms with E-state index in [1.54, 1.807) is 24.1 Å². The Morgan fingerprint density at radius 3 is 1.96 bits per heavy atom. The van der Waals surface area contributed by atoms with Gasteiger partial charge < -0.3 is 50.4 Å². The quantitative estimate of drug-likeness (QED) is 0.123. The summed E-state index contributed by atoms with van der Waals surface area (Å²) in [5.74, 6) is 0.338. The lowest BCUT2D eigenvalue weighted by Crippen LogP contribution is -2.54. The lowest BCUT2D eigenvalue weighted by molar-refractivity contribution is -0.0587. The predicted molar refractivity (Wildman–Crippen MR) is 220 cm³/mol. The highest BCUT2D eigenvalue weighted by Crippen LogP contribution is 2.42. The Bertz CT molecular complexity index is 1280. The maximum Gasteiger partial charge on any atom is 0.317 e. The van der Waals surface area contributed by atoms with E-state index in [9.17, 15) is 14.7 Å². The van der Waals surface area contributed by atoms with E-state index in [4.69, 9.17) is 25.8 Å². The fraction of sp³-hybridized carbons (Fsp3) is 0.810. The third-order valence-electron chi connectivity index (χ3n) is 12.1. The summed E-state index contributed by atoms with van der Waals surface area (Å²) in [7, 11) is 5.48. The van der Waals surface area contributed by atoms with Crippen molar-refractivity contribution in [3.05, 3.63) is 34.6 Å². The van der Waals surface area contributed by atoms with Crippen LogP contribution in [0.4, 0.5) is 14.0 Å². The van der Waals surface area contributed by atoms with Crippen LogP contribution in [0.5, 0.6) is 0 Å². The number of nitrogens with zero attached hydrogens (tertiary/aromatic N) is 2. The molecule has 12 nitrogen and oxygen atoms in total. The van der Waals surface area contributed by atoms with Crippen molar-refractivity contribution in [3.8, 4) is 0 Å². The number of carbonyl (C=O) groups is 2. The molecule has 0 spiro atoms. The number of methoxy groups -OCH3 is 1. The summed E-state index contributed by atoms with van der Waals surface area (Å²) in [6.07, 6.45) is 13.1. The summed E-state index contributed by atoms with van der Waals surface area (Å²) in [6, 6.07) is 5.03. The van der Waals surface area contributed by atoms with Gasteiger partial charge in [0.2, 0.25) is 0 Å². The number of piperidine rings is 2. The van der Waals surface area contributed by atoms with Crippen LogP contribution in [0, 0.1) is 23.6 Å². The van der Waals surface area contributed by atoms with Crippen LogP contribution in [-0.4, -0.2) is 133 Å². The number of hydrogen-bond acceptors (Lipinski definition) is 8. The number of halogens is 2. The van der Waals surface area contributed by atoms with Gasteiger partial charge in [-0.2, -0.15) is 0 Å². The average Bonchev–Trinajstić information content (AvgIpc) is 3.22. The number of ether oxygens (including phenoxy) is 3. The van der Waals surface area contributed by atoms with E-state index in [2.05, 4.69) is 21.3 Å². The van der Waals surface area contributed by atoms with Crippen molar-refractivity contribution in [2.24, 2.45) is 17.8 Å². The topological polar surface area (TPSA) is 137 Å². The first kappa shape index (κ1) is 46.4. The number of hydrogen-bond donors (Lipinski definition) is 5. The molecule has 320 valence electrons. The van der Waals surface area contributed by atoms with Crippen LogP contribution in [-0.2, 0) is 19.8 Å². The molecule has 4 amide bonds. The van der Waals surface area contributed by atoms with Gasteiger partial charge in [-0.25, -0.2) is 14.0 Å². The molecule has 0 radical (unpaired) electrons. The van der Waals surface area contributed by atoms with Gasteiger partial charge in [0.15, 0.2) is 0 Å². The molecule has 0 unspecified atom stereocenters. The van der Waals surface area contributed by atoms with Crippen molar-refractivity contribution in [2.45, 2.75) is 108 Å². The van der Waals surface area contributed by atoms with Crippen LogP contribution in [0.2, 0.25) is 5.02 Å². The summed E-state index contributed by atoms with van der Waals surface area (Å²) in [5.41, 5.74) is -1.21. The Kier molecular flexibility index (Phi) is 21.0. The standard InChI is InChI=1S/C27H43ClFN3O4.C15H29N3O2/c1-30-18-22(17-20-10-15-36-16-11-20)31-26(33)32-13-6-7-21(19-32)27(34,12-3-4-14-35-2)23-8-5-9-24(28)25(23)29;1-16-12-14(11-13-5-9-20-10-6-13)17-15(19)18-7-3-2-4-8-18/h5,8-9,20-22,30,34H,3-4,6-7,10-19H2,1-2H3,(H,31,33);13-14,16H,2-12H2,1H3,(H,17,19)/t21-,22-,27+;14-/m10/s1. The number of carbonyl (C=O) groups excluding carboxylic acids is 2. The van der Waals surface area contributed by atoms with Crippen LogP contribution in [0.25, 0.3) is 0 Å². The number of unbranched alkanes of at least 4 members (excludes halogenated alkanes) is 1. The molecule has 1 aromatic rings. The number of aliphatic hydroxyl groups is 1. The minimum Gasteiger partial charge on any atom is -0.385 e. The van der Waals surface area contributed by atoms with E-state index in [-0.39, 0.29) is 40.6 Å². The van der Waals surface area contributed by atoms with Gasteiger partial charge in [0.25, 0.3) is 0 Å². The normalized spacial score (nSPS) is 22.0. The zero-order chi connectivity index (χ0) is 40.2. The minimum absolute atomic E-state index is 0.00348. The fourth-order valence-corrected chi connectivity index (χ4v) is 9.04. The van der Waals surface area contributed by atoms with Gasteiger partial charge in [-0.3, -0.25) is 0 Å². The highest BCUT2D eigenvalue weighted by Gasteiger charge is 2.43. The number of urea groups is 2. The van der Waals surface area contributed by atoms with Gasteiger partial charge in [0, 0.05) is 103 Å². The molecular weight excluding hydrogens is 739 g/mol. The number of amides is 4. The minimum atomic E-state index is -1.42. The van der Waals surface area contributed by atoms with E-state index in [1.807, 2.05) is 19.0 Å². The lowest BCUT2D eigenvalue weighted by atomic mass is 9.74. The molecule has 0 bridgehead atoms. The Morgan fingerprint density at radius 1 is 0.857 bits per heavy atom. The van der Waals surface area contributed by atoms with Gasteiger partial charge in [-0.05, 0) is 122 Å². The molecule has 0 aromatic heterocycles. The summed E-state index contributed by atoms with van der Waals surface area (Å²) in [5, 5.41) is 24.8. The Balaban J connectivity index is 0.000000293. The first-order valence-electron chi connectivity index (χ1n) is 21.4. The van der Waals surface area contributed by atoms with Crippen molar-refractivity contribution in [2.75, 3.05) is 93.5 Å². The molecule has 14 heteroatoms. The molecule has 1 aromatic carbocycles. The molecule has 4 aliphatic heterocycles. The van der Waals surface area contributed by atoms with Crippen LogP contribution in [0.3, 0.4) is 0 Å². The number of likely N-dealkylation sites (tertiary alicyclic amines) is 2. The van der Waals surface area contributed by atoms with Crippen molar-refractivity contribution in [3.63, 3.8) is 0 Å². The zero-order valence-corrected chi connectivity index (χ0v) is 35.2. The zero-order valence-electron chi connectivity index (χ0n) is 34.4. The maximum absolute atomic E-state index is 15.1. The van der Waals surface area contributed by atoms with Crippen LogP contribution >= 0.6 is 11.6 Å². The summed E-state index contributed by atoms with van der Waals surface area (Å²) >= 11 is 6.09. The average molecular weight is 812 g/mol. The summed E-state index contributed by atoms with van der Waals surface area (Å²) in [4.78, 5) is 29.4. The molecule has 5 rings (SSSR count). The first-order chi connectivity index (χ1) is 27.2. The molecular formula is C42H72ClFN6O6. The molecule has 5 N–H and O–H groups in total. The van der Waals surface area contributed by atoms with Crippen molar-refractivity contribution in [1.82, 2.24) is 31.1 Å². The first-order valence-corrected chi connectivity index (χ1v) is 21.8. The van der Waals surface area contributed by atoms with Gasteiger partial charge in [-0.15, -0.1) is 0 Å². The van der Waals surface area contributed by atoms with E-state index < -0.39 is 11.4 Å². The number of nitrogens with one attached hydrogen (secondary N) is 4. The van der Waals surface area contributed by atoms with Crippen LogP contribution < -0.4 is 21.3 Å². The summed E-state index contributed by atoms with van der Waals surface area (Å²) in [6.45, 7) is 8.22. The van der Waals surface area contributed by atoms with E-state index >= 15 is 4.39 Å². The highest BCUT2D eigenvalue weighted by atomic mass is 35.5. The predicted octanol–water partition coefficient (Wildman–Crippen LogP) is 5.90.